The number of carbonyl (C=O) groups excluding carboxylic acids is 1. The summed E-state index contributed by atoms with van der Waals surface area (Å²) in [6, 6.07) is 7.65. The van der Waals surface area contributed by atoms with Crippen LogP contribution in [0.3, 0.4) is 0 Å². The third-order valence-corrected chi connectivity index (χ3v) is 4.11. The van der Waals surface area contributed by atoms with Gasteiger partial charge in [0.15, 0.2) is 0 Å². The Morgan fingerprint density at radius 3 is 2.95 bits per heavy atom. The molecule has 0 aromatic carbocycles. The number of nitrogens with zero attached hydrogens (tertiary/aromatic N) is 3. The van der Waals surface area contributed by atoms with Gasteiger partial charge in [-0.15, -0.1) is 0 Å². The first-order chi connectivity index (χ1) is 10.7. The van der Waals surface area contributed by atoms with Crippen molar-refractivity contribution in [3.63, 3.8) is 0 Å². The van der Waals surface area contributed by atoms with Gasteiger partial charge in [-0.05, 0) is 36.7 Å². The standard InChI is InChI=1S/C15H18N4O2S/c1-11-9-13(18-22-11)15(20)16-10-12-3-2-4-14(17-12)19-5-7-21-8-6-19/h2-4,9H,5-8,10H2,1H3,(H,16,20). The molecule has 2 aromatic heterocycles. The van der Waals surface area contributed by atoms with Crippen molar-refractivity contribution in [1.29, 1.82) is 0 Å². The van der Waals surface area contributed by atoms with Gasteiger partial charge in [-0.25, -0.2) is 4.98 Å². The minimum absolute atomic E-state index is 0.164. The van der Waals surface area contributed by atoms with Crippen LogP contribution in [0, 0.1) is 6.92 Å². The molecule has 6 nitrogen and oxygen atoms in total. The van der Waals surface area contributed by atoms with Gasteiger partial charge in [0.1, 0.15) is 11.5 Å². The SMILES string of the molecule is Cc1cc(C(=O)NCc2cccc(N3CCOCC3)n2)ns1. The van der Waals surface area contributed by atoms with Crippen LogP contribution < -0.4 is 10.2 Å². The average molecular weight is 318 g/mol. The molecule has 0 atom stereocenters. The topological polar surface area (TPSA) is 67.4 Å². The van der Waals surface area contributed by atoms with Gasteiger partial charge < -0.3 is 15.0 Å². The summed E-state index contributed by atoms with van der Waals surface area (Å²) in [5.74, 6) is 0.766. The summed E-state index contributed by atoms with van der Waals surface area (Å²) in [5.41, 5.74) is 1.30. The second-order valence-electron chi connectivity index (χ2n) is 5.09. The molecule has 116 valence electrons. The minimum atomic E-state index is -0.164. The predicted octanol–water partition coefficient (Wildman–Crippen LogP) is 1.61. The van der Waals surface area contributed by atoms with Crippen LogP contribution in [0.25, 0.3) is 0 Å². The smallest absolute Gasteiger partial charge is 0.271 e. The molecule has 0 radical (unpaired) electrons. The maximum Gasteiger partial charge on any atom is 0.271 e. The highest BCUT2D eigenvalue weighted by atomic mass is 32.1. The Kier molecular flexibility index (Phi) is 4.65. The molecule has 0 spiro atoms. The summed E-state index contributed by atoms with van der Waals surface area (Å²) in [6.45, 7) is 5.48. The van der Waals surface area contributed by atoms with Crippen molar-refractivity contribution in [3.05, 3.63) is 40.5 Å². The van der Waals surface area contributed by atoms with E-state index in [-0.39, 0.29) is 5.91 Å². The van der Waals surface area contributed by atoms with Crippen LogP contribution in [0.15, 0.2) is 24.3 Å². The van der Waals surface area contributed by atoms with Gasteiger partial charge in [-0.1, -0.05) is 6.07 Å². The monoisotopic (exact) mass is 318 g/mol. The van der Waals surface area contributed by atoms with Gasteiger partial charge in [0.2, 0.25) is 0 Å². The number of carbonyl (C=O) groups is 1. The van der Waals surface area contributed by atoms with Crippen LogP contribution in [0.5, 0.6) is 0 Å². The molecule has 0 unspecified atom stereocenters. The number of anilines is 1. The molecule has 1 aliphatic rings. The number of hydrogen-bond acceptors (Lipinski definition) is 6. The summed E-state index contributed by atoms with van der Waals surface area (Å²) >= 11 is 1.33. The van der Waals surface area contributed by atoms with Crippen molar-refractivity contribution in [2.45, 2.75) is 13.5 Å². The van der Waals surface area contributed by atoms with Crippen LogP contribution in [0.1, 0.15) is 21.1 Å². The molecule has 1 fully saturated rings. The molecule has 22 heavy (non-hydrogen) atoms. The van der Waals surface area contributed by atoms with Crippen LogP contribution >= 0.6 is 11.5 Å². The lowest BCUT2D eigenvalue weighted by atomic mass is 10.3. The number of nitrogens with one attached hydrogen (secondary N) is 1. The zero-order valence-electron chi connectivity index (χ0n) is 12.4. The van der Waals surface area contributed by atoms with Gasteiger partial charge in [-0.3, -0.25) is 4.79 Å². The molecule has 2 aromatic rings. The minimum Gasteiger partial charge on any atom is -0.378 e. The van der Waals surface area contributed by atoms with E-state index in [1.54, 1.807) is 6.07 Å². The number of hydrogen-bond donors (Lipinski definition) is 1. The van der Waals surface area contributed by atoms with E-state index in [9.17, 15) is 4.79 Å². The highest BCUT2D eigenvalue weighted by molar-refractivity contribution is 7.05. The molecule has 0 saturated carbocycles. The van der Waals surface area contributed by atoms with E-state index < -0.39 is 0 Å². The van der Waals surface area contributed by atoms with Crippen molar-refractivity contribution in [2.24, 2.45) is 0 Å². The fourth-order valence-corrected chi connectivity index (χ4v) is 2.81. The largest absolute Gasteiger partial charge is 0.378 e. The second-order valence-corrected chi connectivity index (χ2v) is 6.10. The number of ether oxygens (including phenoxy) is 1. The maximum atomic E-state index is 12.0. The normalized spacial score (nSPS) is 14.9. The van der Waals surface area contributed by atoms with Crippen LogP contribution in [0.2, 0.25) is 0 Å². The lowest BCUT2D eigenvalue weighted by Crippen LogP contribution is -2.37. The first-order valence-corrected chi connectivity index (χ1v) is 8.00. The van der Waals surface area contributed by atoms with Gasteiger partial charge in [-0.2, -0.15) is 4.37 Å². The number of pyridine rings is 1. The lowest BCUT2D eigenvalue weighted by Gasteiger charge is -2.28. The highest BCUT2D eigenvalue weighted by Crippen LogP contribution is 2.13. The molecule has 1 N–H and O–H groups in total. The predicted molar refractivity (Wildman–Crippen MR) is 85.3 cm³/mol. The van der Waals surface area contributed by atoms with Gasteiger partial charge in [0.05, 0.1) is 25.5 Å². The molecule has 1 aliphatic heterocycles. The van der Waals surface area contributed by atoms with E-state index in [4.69, 9.17) is 4.74 Å². The number of aryl methyl sites for hydroxylation is 1. The van der Waals surface area contributed by atoms with E-state index >= 15 is 0 Å². The number of aromatic nitrogens is 2. The molecule has 1 amide bonds. The Morgan fingerprint density at radius 1 is 1.41 bits per heavy atom. The summed E-state index contributed by atoms with van der Waals surface area (Å²) in [5, 5.41) is 2.86. The summed E-state index contributed by atoms with van der Waals surface area (Å²) in [6.07, 6.45) is 0. The lowest BCUT2D eigenvalue weighted by molar-refractivity contribution is 0.0946. The Bertz CT molecular complexity index is 652. The molecule has 3 rings (SSSR count). The fraction of sp³-hybridized carbons (Fsp3) is 0.400. The van der Waals surface area contributed by atoms with Crippen molar-refractivity contribution in [2.75, 3.05) is 31.2 Å². The quantitative estimate of drug-likeness (QED) is 0.928. The van der Waals surface area contributed by atoms with E-state index in [1.165, 1.54) is 11.5 Å². The van der Waals surface area contributed by atoms with E-state index in [2.05, 4.69) is 19.6 Å². The molecule has 7 heteroatoms. The van der Waals surface area contributed by atoms with Crippen molar-refractivity contribution < 1.29 is 9.53 Å². The Balaban J connectivity index is 1.61. The highest BCUT2D eigenvalue weighted by Gasteiger charge is 2.13. The van der Waals surface area contributed by atoms with Gasteiger partial charge >= 0.3 is 0 Å². The van der Waals surface area contributed by atoms with Gasteiger partial charge in [0, 0.05) is 18.0 Å². The first-order valence-electron chi connectivity index (χ1n) is 7.22. The molecule has 1 saturated heterocycles. The van der Waals surface area contributed by atoms with Crippen LogP contribution in [-0.4, -0.2) is 41.6 Å². The summed E-state index contributed by atoms with van der Waals surface area (Å²) < 4.78 is 9.46. The molecule has 3 heterocycles. The Labute approximate surface area is 133 Å². The van der Waals surface area contributed by atoms with Crippen LogP contribution in [-0.2, 0) is 11.3 Å². The maximum absolute atomic E-state index is 12.0. The van der Waals surface area contributed by atoms with E-state index in [0.29, 0.717) is 12.2 Å². The molecular formula is C15H18N4O2S. The zero-order valence-corrected chi connectivity index (χ0v) is 13.2. The number of morpholine rings is 1. The zero-order chi connectivity index (χ0) is 15.4. The molecular weight excluding hydrogens is 300 g/mol. The fourth-order valence-electron chi connectivity index (χ4n) is 2.27. The average Bonchev–Trinajstić information content (AvgIpc) is 3.00. The summed E-state index contributed by atoms with van der Waals surface area (Å²) in [7, 11) is 0. The molecule has 0 aliphatic carbocycles. The number of rotatable bonds is 4. The second kappa shape index (κ2) is 6.85. The van der Waals surface area contributed by atoms with E-state index in [1.807, 2.05) is 25.1 Å². The van der Waals surface area contributed by atoms with Crippen molar-refractivity contribution in [3.8, 4) is 0 Å². The van der Waals surface area contributed by atoms with E-state index in [0.717, 1.165) is 42.7 Å². The number of amides is 1. The Hall–Kier alpha value is -1.99. The third-order valence-electron chi connectivity index (χ3n) is 3.42. The third kappa shape index (κ3) is 3.61. The van der Waals surface area contributed by atoms with Gasteiger partial charge in [0.25, 0.3) is 5.91 Å². The van der Waals surface area contributed by atoms with Crippen molar-refractivity contribution in [1.82, 2.24) is 14.7 Å². The van der Waals surface area contributed by atoms with Crippen LogP contribution in [0.4, 0.5) is 5.82 Å². The Morgan fingerprint density at radius 2 is 2.23 bits per heavy atom. The summed E-state index contributed by atoms with van der Waals surface area (Å²) in [4.78, 5) is 19.8. The first kappa shape index (κ1) is 14.9. The van der Waals surface area contributed by atoms with Crippen molar-refractivity contribution >= 4 is 23.3 Å². The molecule has 0 bridgehead atoms.